The Labute approximate surface area is 149 Å². The maximum Gasteiger partial charge on any atom is 0.269 e. The Kier molecular flexibility index (Phi) is 4.95. The second kappa shape index (κ2) is 7.49. The van der Waals surface area contributed by atoms with Gasteiger partial charge in [-0.3, -0.25) is 15.6 Å². The molecule has 0 fully saturated rings. The van der Waals surface area contributed by atoms with Crippen molar-refractivity contribution in [1.82, 2.24) is 31.1 Å². The fourth-order valence-electron chi connectivity index (χ4n) is 2.03. The van der Waals surface area contributed by atoms with Gasteiger partial charge in [0.25, 0.3) is 5.91 Å². The van der Waals surface area contributed by atoms with Gasteiger partial charge >= 0.3 is 0 Å². The summed E-state index contributed by atoms with van der Waals surface area (Å²) in [5, 5.41) is 14.2. The van der Waals surface area contributed by atoms with E-state index in [0.29, 0.717) is 10.7 Å². The standard InChI is InChI=1S/C16H15N7OS/c1-11-2-6-13(7-3-11)18-16(25)20-19-15(24)12-4-8-14(9-5-12)23-10-17-21-22-23/h2-10H,1H3,(H,19,24)(H2,18,20,25). The summed E-state index contributed by atoms with van der Waals surface area (Å²) in [7, 11) is 0. The molecule has 8 nitrogen and oxygen atoms in total. The van der Waals surface area contributed by atoms with E-state index in [-0.39, 0.29) is 5.91 Å². The topological polar surface area (TPSA) is 96.8 Å². The summed E-state index contributed by atoms with van der Waals surface area (Å²) in [4.78, 5) is 12.1. The molecule has 0 atom stereocenters. The van der Waals surface area contributed by atoms with Crippen molar-refractivity contribution in [3.8, 4) is 5.69 Å². The van der Waals surface area contributed by atoms with Crippen LogP contribution in [-0.4, -0.2) is 31.2 Å². The van der Waals surface area contributed by atoms with Crippen molar-refractivity contribution in [2.45, 2.75) is 6.92 Å². The van der Waals surface area contributed by atoms with Gasteiger partial charge in [-0.05, 0) is 66.0 Å². The molecule has 3 aromatic rings. The number of carbonyl (C=O) groups is 1. The van der Waals surface area contributed by atoms with Crippen LogP contribution in [0.25, 0.3) is 5.69 Å². The van der Waals surface area contributed by atoms with Crippen LogP contribution in [0, 0.1) is 6.92 Å². The van der Waals surface area contributed by atoms with Gasteiger partial charge in [-0.15, -0.1) is 5.10 Å². The summed E-state index contributed by atoms with van der Waals surface area (Å²) < 4.78 is 1.50. The van der Waals surface area contributed by atoms with Gasteiger partial charge in [0.1, 0.15) is 6.33 Å². The average Bonchev–Trinajstić information content (AvgIpc) is 3.16. The van der Waals surface area contributed by atoms with Crippen molar-refractivity contribution < 1.29 is 4.79 Å². The Balaban J connectivity index is 1.53. The predicted octanol–water partition coefficient (Wildman–Crippen LogP) is 1.60. The van der Waals surface area contributed by atoms with Crippen LogP contribution in [0.2, 0.25) is 0 Å². The van der Waals surface area contributed by atoms with Crippen LogP contribution in [-0.2, 0) is 0 Å². The number of carbonyl (C=O) groups excluding carboxylic acids is 1. The molecule has 1 heterocycles. The Morgan fingerprint density at radius 1 is 1.04 bits per heavy atom. The van der Waals surface area contributed by atoms with E-state index in [1.807, 2.05) is 31.2 Å². The highest BCUT2D eigenvalue weighted by Crippen LogP contribution is 2.09. The molecule has 0 spiro atoms. The van der Waals surface area contributed by atoms with Crippen molar-refractivity contribution in [3.05, 3.63) is 66.0 Å². The fraction of sp³-hybridized carbons (Fsp3) is 0.0625. The molecule has 9 heteroatoms. The maximum absolute atomic E-state index is 12.1. The minimum atomic E-state index is -0.309. The number of rotatable bonds is 3. The van der Waals surface area contributed by atoms with Crippen molar-refractivity contribution >= 4 is 28.9 Å². The number of nitrogens with zero attached hydrogens (tertiary/aromatic N) is 4. The summed E-state index contributed by atoms with van der Waals surface area (Å²) in [6.07, 6.45) is 1.48. The Morgan fingerprint density at radius 2 is 1.76 bits per heavy atom. The number of anilines is 1. The van der Waals surface area contributed by atoms with Crippen LogP contribution in [0.5, 0.6) is 0 Å². The molecule has 3 rings (SSSR count). The van der Waals surface area contributed by atoms with Gasteiger partial charge in [-0.2, -0.15) is 0 Å². The van der Waals surface area contributed by atoms with Gasteiger partial charge in [0.2, 0.25) is 0 Å². The molecule has 3 N–H and O–H groups in total. The van der Waals surface area contributed by atoms with E-state index in [1.165, 1.54) is 11.0 Å². The Hall–Kier alpha value is -3.33. The molecule has 0 saturated heterocycles. The van der Waals surface area contributed by atoms with Crippen molar-refractivity contribution in [1.29, 1.82) is 0 Å². The highest BCUT2D eigenvalue weighted by Gasteiger charge is 2.07. The maximum atomic E-state index is 12.1. The van der Waals surface area contributed by atoms with Crippen LogP contribution in [0.15, 0.2) is 54.9 Å². The molecule has 0 aliphatic heterocycles. The quantitative estimate of drug-likeness (QED) is 0.486. The van der Waals surface area contributed by atoms with Crippen LogP contribution in [0.4, 0.5) is 5.69 Å². The molecule has 1 amide bonds. The van der Waals surface area contributed by atoms with Crippen LogP contribution < -0.4 is 16.2 Å². The molecule has 1 aromatic heterocycles. The Morgan fingerprint density at radius 3 is 2.40 bits per heavy atom. The molecule has 0 aliphatic carbocycles. The molecule has 25 heavy (non-hydrogen) atoms. The van der Waals surface area contributed by atoms with E-state index in [4.69, 9.17) is 12.2 Å². The summed E-state index contributed by atoms with van der Waals surface area (Å²) >= 11 is 5.15. The zero-order chi connectivity index (χ0) is 17.6. The third-order valence-electron chi connectivity index (χ3n) is 3.34. The van der Waals surface area contributed by atoms with Gasteiger partial charge < -0.3 is 5.32 Å². The lowest BCUT2D eigenvalue weighted by molar-refractivity contribution is 0.0944. The number of aromatic nitrogens is 4. The van der Waals surface area contributed by atoms with E-state index >= 15 is 0 Å². The van der Waals surface area contributed by atoms with E-state index in [1.54, 1.807) is 24.3 Å². The number of amides is 1. The molecular weight excluding hydrogens is 338 g/mol. The number of thiocarbonyl (C=S) groups is 1. The molecule has 126 valence electrons. The lowest BCUT2D eigenvalue weighted by Crippen LogP contribution is -2.43. The van der Waals surface area contributed by atoms with Crippen molar-refractivity contribution in [3.63, 3.8) is 0 Å². The smallest absolute Gasteiger partial charge is 0.269 e. The average molecular weight is 353 g/mol. The zero-order valence-electron chi connectivity index (χ0n) is 13.3. The van der Waals surface area contributed by atoms with Gasteiger partial charge in [-0.1, -0.05) is 17.7 Å². The number of nitrogens with one attached hydrogen (secondary N) is 3. The van der Waals surface area contributed by atoms with Crippen molar-refractivity contribution in [2.75, 3.05) is 5.32 Å². The number of hydrogen-bond acceptors (Lipinski definition) is 5. The van der Waals surface area contributed by atoms with Gasteiger partial charge in [0, 0.05) is 11.3 Å². The molecule has 0 unspecified atom stereocenters. The first-order valence-electron chi connectivity index (χ1n) is 7.39. The number of aryl methyl sites for hydroxylation is 1. The highest BCUT2D eigenvalue weighted by molar-refractivity contribution is 7.80. The minimum Gasteiger partial charge on any atom is -0.331 e. The van der Waals surface area contributed by atoms with E-state index in [0.717, 1.165) is 16.9 Å². The predicted molar refractivity (Wildman–Crippen MR) is 97.2 cm³/mol. The summed E-state index contributed by atoms with van der Waals surface area (Å²) in [5.41, 5.74) is 8.44. The number of benzene rings is 2. The van der Waals surface area contributed by atoms with Gasteiger partial charge in [0.15, 0.2) is 5.11 Å². The zero-order valence-corrected chi connectivity index (χ0v) is 14.1. The summed E-state index contributed by atoms with van der Waals surface area (Å²) in [6.45, 7) is 2.01. The van der Waals surface area contributed by atoms with Crippen LogP contribution in [0.1, 0.15) is 15.9 Å². The summed E-state index contributed by atoms with van der Waals surface area (Å²) in [5.74, 6) is -0.309. The first-order valence-corrected chi connectivity index (χ1v) is 7.80. The first kappa shape index (κ1) is 16.5. The van der Waals surface area contributed by atoms with E-state index in [2.05, 4.69) is 31.7 Å². The number of tetrazole rings is 1. The van der Waals surface area contributed by atoms with Crippen LogP contribution >= 0.6 is 12.2 Å². The molecular formula is C16H15N7OS. The van der Waals surface area contributed by atoms with Gasteiger partial charge in [-0.25, -0.2) is 4.68 Å². The highest BCUT2D eigenvalue weighted by atomic mass is 32.1. The third-order valence-corrected chi connectivity index (χ3v) is 3.55. The second-order valence-corrected chi connectivity index (χ2v) is 5.61. The monoisotopic (exact) mass is 353 g/mol. The van der Waals surface area contributed by atoms with E-state index < -0.39 is 0 Å². The normalized spacial score (nSPS) is 10.1. The molecule has 0 bridgehead atoms. The summed E-state index contributed by atoms with van der Waals surface area (Å²) in [6, 6.07) is 14.6. The molecule has 0 saturated carbocycles. The molecule has 2 aromatic carbocycles. The fourth-order valence-corrected chi connectivity index (χ4v) is 2.20. The third kappa shape index (κ3) is 4.36. The van der Waals surface area contributed by atoms with Crippen molar-refractivity contribution in [2.24, 2.45) is 0 Å². The SMILES string of the molecule is Cc1ccc(NC(=S)NNC(=O)c2ccc(-n3cnnn3)cc2)cc1. The van der Waals surface area contributed by atoms with Gasteiger partial charge in [0.05, 0.1) is 5.69 Å². The minimum absolute atomic E-state index is 0.294. The molecule has 0 radical (unpaired) electrons. The Bertz CT molecular complexity index is 861. The molecule has 0 aliphatic rings. The number of hydrazine groups is 1. The largest absolute Gasteiger partial charge is 0.331 e. The van der Waals surface area contributed by atoms with E-state index in [9.17, 15) is 4.79 Å². The second-order valence-electron chi connectivity index (χ2n) is 5.20. The number of hydrogen-bond donors (Lipinski definition) is 3. The van der Waals surface area contributed by atoms with Crippen LogP contribution in [0.3, 0.4) is 0 Å². The first-order chi connectivity index (χ1) is 12.1. The lowest BCUT2D eigenvalue weighted by atomic mass is 10.2. The lowest BCUT2D eigenvalue weighted by Gasteiger charge is -2.12.